The second kappa shape index (κ2) is 12.7. The molecule has 6 nitrogen and oxygen atoms in total. The van der Waals surface area contributed by atoms with Crippen LogP contribution in [0.15, 0.2) is 24.3 Å². The van der Waals surface area contributed by atoms with E-state index in [-0.39, 0.29) is 11.8 Å². The van der Waals surface area contributed by atoms with Crippen molar-refractivity contribution in [3.63, 3.8) is 0 Å². The van der Waals surface area contributed by atoms with E-state index in [1.165, 1.54) is 0 Å². The van der Waals surface area contributed by atoms with Crippen molar-refractivity contribution in [2.24, 2.45) is 0 Å². The van der Waals surface area contributed by atoms with Crippen LogP contribution in [0.2, 0.25) is 0 Å². The van der Waals surface area contributed by atoms with E-state index in [1.54, 1.807) is 24.3 Å². The summed E-state index contributed by atoms with van der Waals surface area (Å²) >= 11 is 0. The third kappa shape index (κ3) is 8.44. The molecule has 170 valence electrons. The van der Waals surface area contributed by atoms with Gasteiger partial charge in [0.1, 0.15) is 0 Å². The standard InChI is InChI=1S/C24H42N4O2/c1-17(2)27(18(3)4)15-13-25-23(29)21-9-11-22(12-10-21)24(30)26-14-16-28(19(5)6)20(7)8/h9-12,17-20H,13-16H2,1-8H3,(H,25,29)(H,26,30). The van der Waals surface area contributed by atoms with Crippen molar-refractivity contribution < 1.29 is 9.59 Å². The predicted octanol–water partition coefficient (Wildman–Crippen LogP) is 3.38. The number of hydrogen-bond acceptors (Lipinski definition) is 4. The number of rotatable bonds is 12. The molecule has 0 bridgehead atoms. The van der Waals surface area contributed by atoms with E-state index in [0.717, 1.165) is 13.1 Å². The van der Waals surface area contributed by atoms with E-state index >= 15 is 0 Å². The lowest BCUT2D eigenvalue weighted by atomic mass is 10.1. The molecule has 30 heavy (non-hydrogen) atoms. The third-order valence-corrected chi connectivity index (χ3v) is 5.37. The van der Waals surface area contributed by atoms with Crippen LogP contribution in [0.3, 0.4) is 0 Å². The molecule has 0 aliphatic rings. The number of carbonyl (C=O) groups excluding carboxylic acids is 2. The van der Waals surface area contributed by atoms with Crippen molar-refractivity contribution in [2.45, 2.75) is 79.6 Å². The highest BCUT2D eigenvalue weighted by Gasteiger charge is 2.15. The molecular weight excluding hydrogens is 376 g/mol. The highest BCUT2D eigenvalue weighted by Crippen LogP contribution is 2.07. The van der Waals surface area contributed by atoms with Crippen LogP contribution >= 0.6 is 0 Å². The lowest BCUT2D eigenvalue weighted by molar-refractivity contribution is 0.0928. The molecule has 0 heterocycles. The molecular formula is C24H42N4O2. The second-order valence-electron chi connectivity index (χ2n) is 8.94. The van der Waals surface area contributed by atoms with Crippen LogP contribution in [0, 0.1) is 0 Å². The SMILES string of the molecule is CC(C)N(CCNC(=O)c1ccc(C(=O)NCCN(C(C)C)C(C)C)cc1)C(C)C. The van der Waals surface area contributed by atoms with Crippen LogP contribution in [0.1, 0.15) is 76.1 Å². The Bertz CT molecular complexity index is 581. The van der Waals surface area contributed by atoms with Crippen molar-refractivity contribution in [1.82, 2.24) is 20.4 Å². The van der Waals surface area contributed by atoms with Gasteiger partial charge in [0, 0.05) is 61.5 Å². The molecule has 0 radical (unpaired) electrons. The predicted molar refractivity (Wildman–Crippen MR) is 125 cm³/mol. The van der Waals surface area contributed by atoms with Crippen LogP contribution in [0.25, 0.3) is 0 Å². The zero-order valence-electron chi connectivity index (χ0n) is 20.2. The van der Waals surface area contributed by atoms with Gasteiger partial charge in [-0.25, -0.2) is 0 Å². The monoisotopic (exact) mass is 418 g/mol. The number of carbonyl (C=O) groups is 2. The summed E-state index contributed by atoms with van der Waals surface area (Å²) in [7, 11) is 0. The maximum atomic E-state index is 12.4. The molecule has 0 aliphatic heterocycles. The Morgan fingerprint density at radius 3 is 1.13 bits per heavy atom. The smallest absolute Gasteiger partial charge is 0.251 e. The Kier molecular flexibility index (Phi) is 11.1. The molecule has 0 saturated carbocycles. The second-order valence-corrected chi connectivity index (χ2v) is 8.94. The average molecular weight is 419 g/mol. The van der Waals surface area contributed by atoms with E-state index < -0.39 is 0 Å². The van der Waals surface area contributed by atoms with E-state index in [9.17, 15) is 9.59 Å². The minimum absolute atomic E-state index is 0.112. The molecule has 1 aromatic carbocycles. The fourth-order valence-corrected chi connectivity index (χ4v) is 3.80. The van der Waals surface area contributed by atoms with E-state index in [0.29, 0.717) is 48.4 Å². The maximum Gasteiger partial charge on any atom is 0.251 e. The normalized spacial score (nSPS) is 11.9. The first kappa shape index (κ1) is 26.1. The van der Waals surface area contributed by atoms with Crippen molar-refractivity contribution in [2.75, 3.05) is 26.2 Å². The van der Waals surface area contributed by atoms with Gasteiger partial charge < -0.3 is 10.6 Å². The molecule has 1 aromatic rings. The van der Waals surface area contributed by atoms with Gasteiger partial charge in [-0.05, 0) is 79.7 Å². The molecule has 0 atom stereocenters. The maximum absolute atomic E-state index is 12.4. The lowest BCUT2D eigenvalue weighted by Crippen LogP contribution is -2.42. The van der Waals surface area contributed by atoms with Crippen LogP contribution in [-0.4, -0.2) is 72.0 Å². The Hall–Kier alpha value is -1.92. The summed E-state index contributed by atoms with van der Waals surface area (Å²) in [4.78, 5) is 29.5. The third-order valence-electron chi connectivity index (χ3n) is 5.37. The molecule has 6 heteroatoms. The van der Waals surface area contributed by atoms with Crippen molar-refractivity contribution >= 4 is 11.8 Å². The first-order valence-electron chi connectivity index (χ1n) is 11.2. The van der Waals surface area contributed by atoms with Gasteiger partial charge in [0.2, 0.25) is 0 Å². The van der Waals surface area contributed by atoms with Gasteiger partial charge in [0.05, 0.1) is 0 Å². The first-order valence-corrected chi connectivity index (χ1v) is 11.2. The van der Waals surface area contributed by atoms with Gasteiger partial charge in [0.25, 0.3) is 11.8 Å². The lowest BCUT2D eigenvalue weighted by Gasteiger charge is -2.30. The molecule has 0 unspecified atom stereocenters. The summed E-state index contributed by atoms with van der Waals surface area (Å²) in [6.45, 7) is 20.1. The van der Waals surface area contributed by atoms with Crippen LogP contribution in [-0.2, 0) is 0 Å². The molecule has 0 fully saturated rings. The zero-order valence-corrected chi connectivity index (χ0v) is 20.2. The fourth-order valence-electron chi connectivity index (χ4n) is 3.80. The fraction of sp³-hybridized carbons (Fsp3) is 0.667. The van der Waals surface area contributed by atoms with Crippen molar-refractivity contribution in [1.29, 1.82) is 0 Å². The zero-order chi connectivity index (χ0) is 22.8. The Labute approximate surface area is 183 Å². The number of nitrogens with one attached hydrogen (secondary N) is 2. The summed E-state index contributed by atoms with van der Waals surface area (Å²) in [5.74, 6) is -0.224. The molecule has 0 saturated heterocycles. The van der Waals surface area contributed by atoms with Gasteiger partial charge in [-0.15, -0.1) is 0 Å². The largest absolute Gasteiger partial charge is 0.351 e. The van der Waals surface area contributed by atoms with Gasteiger partial charge in [0.15, 0.2) is 0 Å². The Morgan fingerprint density at radius 1 is 0.633 bits per heavy atom. The molecule has 0 aromatic heterocycles. The van der Waals surface area contributed by atoms with Crippen LogP contribution in [0.5, 0.6) is 0 Å². The topological polar surface area (TPSA) is 64.7 Å². The Balaban J connectivity index is 2.51. The van der Waals surface area contributed by atoms with Crippen molar-refractivity contribution in [3.05, 3.63) is 35.4 Å². The number of hydrogen-bond donors (Lipinski definition) is 2. The van der Waals surface area contributed by atoms with Crippen LogP contribution in [0.4, 0.5) is 0 Å². The van der Waals surface area contributed by atoms with Crippen molar-refractivity contribution in [3.8, 4) is 0 Å². The summed E-state index contributed by atoms with van der Waals surface area (Å²) in [5, 5.41) is 5.94. The van der Waals surface area contributed by atoms with Gasteiger partial charge in [-0.2, -0.15) is 0 Å². The molecule has 1 rings (SSSR count). The summed E-state index contributed by atoms with van der Waals surface area (Å²) in [5.41, 5.74) is 1.14. The molecule has 0 spiro atoms. The van der Waals surface area contributed by atoms with E-state index in [2.05, 4.69) is 75.8 Å². The summed E-state index contributed by atoms with van der Waals surface area (Å²) in [6, 6.07) is 8.59. The highest BCUT2D eigenvalue weighted by atomic mass is 16.2. The van der Waals surface area contributed by atoms with E-state index in [4.69, 9.17) is 0 Å². The van der Waals surface area contributed by atoms with Gasteiger partial charge >= 0.3 is 0 Å². The summed E-state index contributed by atoms with van der Waals surface area (Å²) in [6.07, 6.45) is 0. The average Bonchev–Trinajstić information content (AvgIpc) is 2.67. The highest BCUT2D eigenvalue weighted by molar-refractivity contribution is 5.97. The Morgan fingerprint density at radius 2 is 0.900 bits per heavy atom. The number of amides is 2. The number of nitrogens with zero attached hydrogens (tertiary/aromatic N) is 2. The van der Waals surface area contributed by atoms with Gasteiger partial charge in [-0.1, -0.05) is 0 Å². The first-order chi connectivity index (χ1) is 14.0. The summed E-state index contributed by atoms with van der Waals surface area (Å²) < 4.78 is 0. The molecule has 2 N–H and O–H groups in total. The van der Waals surface area contributed by atoms with Gasteiger partial charge in [-0.3, -0.25) is 19.4 Å². The quantitative estimate of drug-likeness (QED) is 0.546. The van der Waals surface area contributed by atoms with E-state index in [1.807, 2.05) is 0 Å². The minimum Gasteiger partial charge on any atom is -0.351 e. The molecule has 2 amide bonds. The molecule has 0 aliphatic carbocycles. The van der Waals surface area contributed by atoms with Crippen LogP contribution < -0.4 is 10.6 Å². The number of benzene rings is 1. The minimum atomic E-state index is -0.112.